The third-order valence-corrected chi connectivity index (χ3v) is 6.91. The van der Waals surface area contributed by atoms with E-state index in [1.54, 1.807) is 12.1 Å². The van der Waals surface area contributed by atoms with E-state index in [1.165, 1.54) is 18.9 Å². The lowest BCUT2D eigenvalue weighted by atomic mass is 10.1. The lowest BCUT2D eigenvalue weighted by Crippen LogP contribution is -2.26. The number of rotatable bonds is 7. The Balaban J connectivity index is 1.43. The predicted molar refractivity (Wildman–Crippen MR) is 127 cm³/mol. The van der Waals surface area contributed by atoms with Gasteiger partial charge in [-0.05, 0) is 42.8 Å². The molecule has 0 bridgehead atoms. The molecular weight excluding hydrogens is 549 g/mol. The van der Waals surface area contributed by atoms with Gasteiger partial charge in [-0.1, -0.05) is 0 Å². The highest BCUT2D eigenvalue weighted by molar-refractivity contribution is 7.89. The van der Waals surface area contributed by atoms with Gasteiger partial charge < -0.3 is 15.0 Å². The smallest absolute Gasteiger partial charge is 0.406 e. The van der Waals surface area contributed by atoms with Crippen molar-refractivity contribution in [1.82, 2.24) is 29.6 Å². The highest BCUT2D eigenvalue weighted by atomic mass is 32.2. The number of imidazole rings is 1. The SMILES string of the molecule is O=S(=O)(NC1=C(F)C(Nc2ncccc2-c2ncnc3nc[nH]c23)=C(F)CC1)c1ccc(OC(F)(F)F)cc1. The Kier molecular flexibility index (Phi) is 6.63. The van der Waals surface area contributed by atoms with Crippen molar-refractivity contribution in [3.63, 3.8) is 0 Å². The summed E-state index contributed by atoms with van der Waals surface area (Å²) in [5.41, 5.74) is 0.443. The molecule has 0 fully saturated rings. The topological polar surface area (TPSA) is 135 Å². The molecule has 5 rings (SSSR count). The van der Waals surface area contributed by atoms with E-state index < -0.39 is 50.1 Å². The van der Waals surface area contributed by atoms with Crippen LogP contribution in [0.2, 0.25) is 0 Å². The number of nitrogens with zero attached hydrogens (tertiary/aromatic N) is 4. The molecule has 16 heteroatoms. The average molecular weight is 565 g/mol. The molecule has 3 aromatic heterocycles. The number of ether oxygens (including phenoxy) is 1. The van der Waals surface area contributed by atoms with E-state index in [-0.39, 0.29) is 18.7 Å². The Morgan fingerprint density at radius 1 is 0.974 bits per heavy atom. The fourth-order valence-electron chi connectivity index (χ4n) is 3.78. The van der Waals surface area contributed by atoms with E-state index in [4.69, 9.17) is 0 Å². The molecule has 0 spiro atoms. The third-order valence-electron chi connectivity index (χ3n) is 5.50. The first-order valence-corrected chi connectivity index (χ1v) is 12.5. The van der Waals surface area contributed by atoms with Crippen LogP contribution < -0.4 is 14.8 Å². The Bertz CT molecular complexity index is 1720. The zero-order valence-corrected chi connectivity index (χ0v) is 20.2. The number of nitrogens with one attached hydrogen (secondary N) is 3. The molecule has 3 N–H and O–H groups in total. The molecule has 4 aromatic rings. The molecule has 39 heavy (non-hydrogen) atoms. The van der Waals surface area contributed by atoms with Crippen molar-refractivity contribution < 1.29 is 35.1 Å². The minimum atomic E-state index is -4.96. The van der Waals surface area contributed by atoms with Crippen molar-refractivity contribution >= 4 is 27.0 Å². The number of halogens is 5. The molecule has 3 heterocycles. The van der Waals surface area contributed by atoms with Crippen LogP contribution in [0.5, 0.6) is 5.75 Å². The first-order chi connectivity index (χ1) is 18.5. The van der Waals surface area contributed by atoms with Gasteiger partial charge in [0.1, 0.15) is 40.6 Å². The molecule has 1 aromatic carbocycles. The maximum absolute atomic E-state index is 15.5. The zero-order chi connectivity index (χ0) is 27.8. The van der Waals surface area contributed by atoms with Gasteiger partial charge in [0, 0.05) is 18.2 Å². The summed E-state index contributed by atoms with van der Waals surface area (Å²) >= 11 is 0. The van der Waals surface area contributed by atoms with E-state index in [1.807, 2.05) is 0 Å². The Hall–Kier alpha value is -4.60. The summed E-state index contributed by atoms with van der Waals surface area (Å²) in [5, 5.41) is 2.60. The normalized spacial score (nSPS) is 14.6. The van der Waals surface area contributed by atoms with Crippen LogP contribution in [-0.2, 0) is 10.0 Å². The van der Waals surface area contributed by atoms with Gasteiger partial charge in [-0.15, -0.1) is 13.2 Å². The summed E-state index contributed by atoms with van der Waals surface area (Å²) in [4.78, 5) is 18.9. The van der Waals surface area contributed by atoms with Gasteiger partial charge in [0.25, 0.3) is 10.0 Å². The first kappa shape index (κ1) is 26.0. The molecule has 0 unspecified atom stereocenters. The van der Waals surface area contributed by atoms with Crippen LogP contribution in [0.3, 0.4) is 0 Å². The van der Waals surface area contributed by atoms with E-state index in [9.17, 15) is 26.0 Å². The van der Waals surface area contributed by atoms with Crippen LogP contribution in [0.25, 0.3) is 22.4 Å². The highest BCUT2D eigenvalue weighted by Gasteiger charge is 2.31. The van der Waals surface area contributed by atoms with Gasteiger partial charge in [0.2, 0.25) is 0 Å². The maximum atomic E-state index is 15.5. The standard InChI is InChI=1S/C23H16F5N7O3S/c24-15-7-8-16(35-39(36,37)13-5-3-12(4-6-13)38-23(26,27)28)17(25)19(15)34-21-14(2-1-9-29-21)18-20-22(32-10-30-18)33-11-31-20/h1-6,9-11,35H,7-8H2,(H,29,34)(H,30,31,32,33). The number of aromatic nitrogens is 5. The summed E-state index contributed by atoms with van der Waals surface area (Å²) in [7, 11) is -4.44. The molecule has 0 aliphatic heterocycles. The predicted octanol–water partition coefficient (Wildman–Crippen LogP) is 4.86. The Morgan fingerprint density at radius 2 is 1.74 bits per heavy atom. The van der Waals surface area contributed by atoms with Crippen LogP contribution in [0.4, 0.5) is 27.8 Å². The van der Waals surface area contributed by atoms with Crippen LogP contribution in [0.1, 0.15) is 12.8 Å². The number of benzene rings is 1. The van der Waals surface area contributed by atoms with E-state index >= 15 is 4.39 Å². The van der Waals surface area contributed by atoms with Crippen molar-refractivity contribution in [2.24, 2.45) is 0 Å². The minimum Gasteiger partial charge on any atom is -0.406 e. The summed E-state index contributed by atoms with van der Waals surface area (Å²) in [6, 6.07) is 6.51. The van der Waals surface area contributed by atoms with Crippen LogP contribution in [0, 0.1) is 0 Å². The molecule has 10 nitrogen and oxygen atoms in total. The zero-order valence-electron chi connectivity index (χ0n) is 19.4. The number of alkyl halides is 3. The van der Waals surface area contributed by atoms with Crippen molar-refractivity contribution in [3.8, 4) is 17.0 Å². The Labute approximate surface area is 216 Å². The van der Waals surface area contributed by atoms with Gasteiger partial charge in [0.15, 0.2) is 11.5 Å². The largest absolute Gasteiger partial charge is 0.573 e. The summed E-state index contributed by atoms with van der Waals surface area (Å²) < 4.78 is 98.7. The number of aromatic amines is 1. The second-order valence-corrected chi connectivity index (χ2v) is 9.73. The first-order valence-electron chi connectivity index (χ1n) is 11.0. The minimum absolute atomic E-state index is 0.0248. The number of H-pyrrole nitrogens is 1. The molecule has 0 amide bonds. The fraction of sp³-hybridized carbons (Fsp3) is 0.130. The quantitative estimate of drug-likeness (QED) is 0.271. The lowest BCUT2D eigenvalue weighted by Gasteiger charge is -2.21. The van der Waals surface area contributed by atoms with Gasteiger partial charge in [-0.25, -0.2) is 37.1 Å². The lowest BCUT2D eigenvalue weighted by molar-refractivity contribution is -0.274. The summed E-state index contributed by atoms with van der Waals surface area (Å²) in [6.45, 7) is 0. The molecule has 0 saturated carbocycles. The van der Waals surface area contributed by atoms with E-state index in [2.05, 4.69) is 39.7 Å². The van der Waals surface area contributed by atoms with Crippen molar-refractivity contribution in [2.75, 3.05) is 5.32 Å². The molecule has 0 atom stereocenters. The van der Waals surface area contributed by atoms with Crippen LogP contribution in [0.15, 0.2) is 83.2 Å². The Morgan fingerprint density at radius 3 is 2.49 bits per heavy atom. The maximum Gasteiger partial charge on any atom is 0.573 e. The van der Waals surface area contributed by atoms with Crippen LogP contribution >= 0.6 is 0 Å². The third kappa shape index (κ3) is 5.50. The molecular formula is C23H16F5N7O3S. The van der Waals surface area contributed by atoms with E-state index in [0.29, 0.717) is 22.4 Å². The number of allylic oxidation sites excluding steroid dienone is 3. The molecule has 1 aliphatic rings. The average Bonchev–Trinajstić information content (AvgIpc) is 3.37. The number of hydrogen-bond donors (Lipinski definition) is 3. The van der Waals surface area contributed by atoms with Gasteiger partial charge in [-0.2, -0.15) is 0 Å². The van der Waals surface area contributed by atoms with Crippen LogP contribution in [-0.4, -0.2) is 39.7 Å². The van der Waals surface area contributed by atoms with Gasteiger partial charge in [-0.3, -0.25) is 4.72 Å². The molecule has 1 aliphatic carbocycles. The number of hydrogen-bond acceptors (Lipinski definition) is 8. The second-order valence-electron chi connectivity index (χ2n) is 8.05. The number of sulfonamides is 1. The molecule has 0 radical (unpaired) electrons. The monoisotopic (exact) mass is 565 g/mol. The number of pyridine rings is 1. The fourth-order valence-corrected chi connectivity index (χ4v) is 4.91. The second kappa shape index (κ2) is 9.94. The van der Waals surface area contributed by atoms with Crippen molar-refractivity contribution in [1.29, 1.82) is 0 Å². The van der Waals surface area contributed by atoms with Gasteiger partial charge >= 0.3 is 6.36 Å². The van der Waals surface area contributed by atoms with Crippen molar-refractivity contribution in [3.05, 3.63) is 78.3 Å². The molecule has 202 valence electrons. The van der Waals surface area contributed by atoms with Crippen molar-refractivity contribution in [2.45, 2.75) is 24.1 Å². The summed E-state index contributed by atoms with van der Waals surface area (Å²) in [5.74, 6) is -2.71. The highest BCUT2D eigenvalue weighted by Crippen LogP contribution is 2.35. The number of anilines is 1. The van der Waals surface area contributed by atoms with E-state index in [0.717, 1.165) is 24.3 Å². The molecule has 0 saturated heterocycles. The van der Waals surface area contributed by atoms with Gasteiger partial charge in [0.05, 0.1) is 16.9 Å². The summed E-state index contributed by atoms with van der Waals surface area (Å²) in [6.07, 6.45) is -1.56. The number of fused-ring (bicyclic) bond motifs is 1.